The van der Waals surface area contributed by atoms with Crippen LogP contribution in [0, 0.1) is 12.8 Å². The first-order valence-electron chi connectivity index (χ1n) is 7.46. The van der Waals surface area contributed by atoms with Gasteiger partial charge in [0.15, 0.2) is 0 Å². The van der Waals surface area contributed by atoms with Crippen molar-refractivity contribution < 1.29 is 13.2 Å². The number of nitrogens with one attached hydrogen (secondary N) is 1. The summed E-state index contributed by atoms with van der Waals surface area (Å²) in [5, 5.41) is 3.94. The van der Waals surface area contributed by atoms with Crippen LogP contribution in [0.5, 0.6) is 0 Å². The van der Waals surface area contributed by atoms with Crippen molar-refractivity contribution in [2.45, 2.75) is 19.8 Å². The van der Waals surface area contributed by atoms with Crippen LogP contribution in [0.15, 0.2) is 18.2 Å². The number of aromatic nitrogens is 1. The quantitative estimate of drug-likeness (QED) is 0.917. The Morgan fingerprint density at radius 2 is 2.04 bits per heavy atom. The summed E-state index contributed by atoms with van der Waals surface area (Å²) >= 11 is 1.60. The molecule has 0 bridgehead atoms. The Balaban J connectivity index is 1.64. The highest BCUT2D eigenvalue weighted by Gasteiger charge is 2.28. The van der Waals surface area contributed by atoms with Gasteiger partial charge in [0.2, 0.25) is 15.9 Å². The van der Waals surface area contributed by atoms with E-state index in [2.05, 4.69) is 10.3 Å². The number of aryl methyl sites for hydroxylation is 1. The topological polar surface area (TPSA) is 79.4 Å². The number of carbonyl (C=O) groups is 1. The van der Waals surface area contributed by atoms with E-state index in [1.807, 2.05) is 25.1 Å². The van der Waals surface area contributed by atoms with Gasteiger partial charge in [-0.1, -0.05) is 0 Å². The summed E-state index contributed by atoms with van der Waals surface area (Å²) in [7, 11) is -3.16. The van der Waals surface area contributed by atoms with E-state index in [9.17, 15) is 13.2 Å². The Morgan fingerprint density at radius 3 is 2.70 bits per heavy atom. The van der Waals surface area contributed by atoms with Gasteiger partial charge in [-0.2, -0.15) is 0 Å². The van der Waals surface area contributed by atoms with Gasteiger partial charge in [0.1, 0.15) is 0 Å². The molecule has 1 amide bonds. The zero-order chi connectivity index (χ0) is 16.6. The smallest absolute Gasteiger partial charge is 0.227 e. The van der Waals surface area contributed by atoms with Crippen molar-refractivity contribution in [3.05, 3.63) is 23.2 Å². The van der Waals surface area contributed by atoms with Crippen molar-refractivity contribution >= 4 is 43.2 Å². The highest BCUT2D eigenvalue weighted by molar-refractivity contribution is 7.88. The summed E-state index contributed by atoms with van der Waals surface area (Å²) in [5.74, 6) is -0.189. The number of anilines is 1. The lowest BCUT2D eigenvalue weighted by Crippen LogP contribution is -2.40. The Labute approximate surface area is 139 Å². The number of thiazole rings is 1. The van der Waals surface area contributed by atoms with Gasteiger partial charge in [-0.3, -0.25) is 4.79 Å². The Bertz CT molecular complexity index is 837. The number of amides is 1. The first-order valence-corrected chi connectivity index (χ1v) is 10.1. The third-order valence-electron chi connectivity index (χ3n) is 4.06. The van der Waals surface area contributed by atoms with Crippen LogP contribution in [-0.2, 0) is 14.8 Å². The lowest BCUT2D eigenvalue weighted by atomic mass is 9.97. The number of benzene rings is 1. The van der Waals surface area contributed by atoms with Crippen molar-refractivity contribution in [3.8, 4) is 0 Å². The van der Waals surface area contributed by atoms with Crippen LogP contribution in [0.4, 0.5) is 5.69 Å². The maximum atomic E-state index is 12.4. The molecule has 1 aromatic heterocycles. The summed E-state index contributed by atoms with van der Waals surface area (Å²) < 4.78 is 25.5. The number of sulfonamides is 1. The van der Waals surface area contributed by atoms with Crippen LogP contribution in [-0.4, -0.2) is 43.0 Å². The van der Waals surface area contributed by atoms with Gasteiger partial charge in [0.05, 0.1) is 21.5 Å². The van der Waals surface area contributed by atoms with Crippen LogP contribution in [0.3, 0.4) is 0 Å². The number of piperidine rings is 1. The van der Waals surface area contributed by atoms with Crippen LogP contribution in [0.1, 0.15) is 17.8 Å². The second-order valence-corrected chi connectivity index (χ2v) is 9.06. The Hall–Kier alpha value is -1.51. The first-order chi connectivity index (χ1) is 10.8. The molecule has 2 aromatic rings. The molecule has 124 valence electrons. The van der Waals surface area contributed by atoms with Gasteiger partial charge in [0.25, 0.3) is 0 Å². The number of rotatable bonds is 3. The summed E-state index contributed by atoms with van der Waals surface area (Å²) in [5.41, 5.74) is 1.70. The predicted octanol–water partition coefficient (Wildman–Crippen LogP) is 2.21. The minimum absolute atomic E-state index is 0.0428. The molecule has 0 aliphatic carbocycles. The fraction of sp³-hybridized carbons (Fsp3) is 0.467. The molecule has 1 saturated heterocycles. The lowest BCUT2D eigenvalue weighted by Gasteiger charge is -2.29. The van der Waals surface area contributed by atoms with Gasteiger partial charge >= 0.3 is 0 Å². The average molecular weight is 353 g/mol. The molecule has 0 atom stereocenters. The average Bonchev–Trinajstić information content (AvgIpc) is 2.86. The molecule has 1 fully saturated rings. The molecule has 0 unspecified atom stereocenters. The van der Waals surface area contributed by atoms with Crippen LogP contribution >= 0.6 is 11.3 Å². The molecule has 6 nitrogen and oxygen atoms in total. The summed E-state index contributed by atoms with van der Waals surface area (Å²) in [6.45, 7) is 2.77. The second-order valence-electron chi connectivity index (χ2n) is 5.84. The van der Waals surface area contributed by atoms with E-state index in [-0.39, 0.29) is 11.8 Å². The molecule has 0 saturated carbocycles. The van der Waals surface area contributed by atoms with Gasteiger partial charge in [-0.25, -0.2) is 17.7 Å². The molecule has 23 heavy (non-hydrogen) atoms. The lowest BCUT2D eigenvalue weighted by molar-refractivity contribution is -0.120. The van der Waals surface area contributed by atoms with Gasteiger partial charge in [0, 0.05) is 24.7 Å². The fourth-order valence-corrected chi connectivity index (χ4v) is 4.55. The van der Waals surface area contributed by atoms with Crippen LogP contribution < -0.4 is 5.32 Å². The number of nitrogens with zero attached hydrogens (tertiary/aromatic N) is 2. The van der Waals surface area contributed by atoms with Crippen molar-refractivity contribution in [2.24, 2.45) is 5.92 Å². The molecular formula is C15H19N3O3S2. The Kier molecular flexibility index (Phi) is 4.39. The second kappa shape index (κ2) is 6.18. The van der Waals surface area contributed by atoms with Gasteiger partial charge in [-0.05, 0) is 38.0 Å². The Morgan fingerprint density at radius 1 is 1.35 bits per heavy atom. The third-order valence-corrected chi connectivity index (χ3v) is 6.29. The summed E-state index contributed by atoms with van der Waals surface area (Å²) in [4.78, 5) is 16.8. The fourth-order valence-electron chi connectivity index (χ4n) is 2.81. The predicted molar refractivity (Wildman–Crippen MR) is 92.1 cm³/mol. The van der Waals surface area contributed by atoms with Crippen molar-refractivity contribution in [1.29, 1.82) is 0 Å². The van der Waals surface area contributed by atoms with E-state index in [1.165, 1.54) is 10.6 Å². The number of carbonyl (C=O) groups excluding carboxylic acids is 1. The monoisotopic (exact) mass is 353 g/mol. The third kappa shape index (κ3) is 3.70. The normalized spacial score (nSPS) is 17.5. The van der Waals surface area contributed by atoms with Crippen LogP contribution in [0.2, 0.25) is 0 Å². The van der Waals surface area contributed by atoms with E-state index in [0.717, 1.165) is 20.9 Å². The van der Waals surface area contributed by atoms with Crippen molar-refractivity contribution in [3.63, 3.8) is 0 Å². The number of hydrogen-bond donors (Lipinski definition) is 1. The maximum Gasteiger partial charge on any atom is 0.227 e. The molecule has 3 rings (SSSR count). The largest absolute Gasteiger partial charge is 0.326 e. The molecule has 1 aliphatic heterocycles. The zero-order valence-electron chi connectivity index (χ0n) is 13.1. The molecule has 2 heterocycles. The molecule has 1 aromatic carbocycles. The highest BCUT2D eigenvalue weighted by Crippen LogP contribution is 2.26. The van der Waals surface area contributed by atoms with Gasteiger partial charge in [-0.15, -0.1) is 11.3 Å². The minimum Gasteiger partial charge on any atom is -0.326 e. The highest BCUT2D eigenvalue weighted by atomic mass is 32.2. The minimum atomic E-state index is -3.16. The molecule has 1 aliphatic rings. The molecule has 8 heteroatoms. The first kappa shape index (κ1) is 16.4. The van der Waals surface area contributed by atoms with Crippen molar-refractivity contribution in [1.82, 2.24) is 9.29 Å². The molecule has 0 radical (unpaired) electrons. The van der Waals surface area contributed by atoms with E-state index >= 15 is 0 Å². The number of fused-ring (bicyclic) bond motifs is 1. The SMILES string of the molecule is Cc1nc2ccc(NC(=O)C3CCN(S(C)(=O)=O)CC3)cc2s1. The van der Waals surface area contributed by atoms with E-state index in [1.54, 1.807) is 11.3 Å². The number of hydrogen-bond acceptors (Lipinski definition) is 5. The summed E-state index contributed by atoms with van der Waals surface area (Å²) in [6, 6.07) is 5.69. The van der Waals surface area contributed by atoms with Gasteiger partial charge < -0.3 is 5.32 Å². The zero-order valence-corrected chi connectivity index (χ0v) is 14.7. The maximum absolute atomic E-state index is 12.4. The molecular weight excluding hydrogens is 334 g/mol. The molecule has 0 spiro atoms. The van der Waals surface area contributed by atoms with E-state index in [4.69, 9.17) is 0 Å². The summed E-state index contributed by atoms with van der Waals surface area (Å²) in [6.07, 6.45) is 2.32. The van der Waals surface area contributed by atoms with Crippen LogP contribution in [0.25, 0.3) is 10.2 Å². The van der Waals surface area contributed by atoms with Crippen molar-refractivity contribution in [2.75, 3.05) is 24.7 Å². The van der Waals surface area contributed by atoms with E-state index < -0.39 is 10.0 Å². The van der Waals surface area contributed by atoms with E-state index in [0.29, 0.717) is 25.9 Å². The molecule has 1 N–H and O–H groups in total. The standard InChI is InChI=1S/C15H19N3O3S2/c1-10-16-13-4-3-12(9-14(13)22-10)17-15(19)11-5-7-18(8-6-11)23(2,20)21/h3-4,9,11H,5-8H2,1-2H3,(H,17,19).